The van der Waals surface area contributed by atoms with Gasteiger partial charge >= 0.3 is 6.18 Å². The Labute approximate surface area is 260 Å². The number of carbonyl (C=O) groups is 1. The molecule has 0 radical (unpaired) electrons. The molecule has 45 heavy (non-hydrogen) atoms. The number of aromatic nitrogens is 3. The minimum atomic E-state index is -4.25. The molecule has 1 saturated carbocycles. The van der Waals surface area contributed by atoms with Crippen LogP contribution in [0.2, 0.25) is 0 Å². The molecule has 15 heteroatoms. The highest BCUT2D eigenvalue weighted by molar-refractivity contribution is 7.90. The molecule has 1 amide bonds. The summed E-state index contributed by atoms with van der Waals surface area (Å²) >= 11 is 0. The molecular weight excluding hydrogens is 613 g/mol. The van der Waals surface area contributed by atoms with Crippen LogP contribution in [0, 0.1) is 5.41 Å². The number of nitrogens with zero attached hydrogens (tertiary/aromatic N) is 4. The third-order valence-electron chi connectivity index (χ3n) is 8.13. The number of benzene rings is 1. The van der Waals surface area contributed by atoms with Gasteiger partial charge in [0.25, 0.3) is 15.9 Å². The highest BCUT2D eigenvalue weighted by atomic mass is 32.2. The van der Waals surface area contributed by atoms with E-state index in [1.807, 2.05) is 25.7 Å². The van der Waals surface area contributed by atoms with E-state index in [1.54, 1.807) is 6.20 Å². The molecule has 0 spiro atoms. The van der Waals surface area contributed by atoms with Gasteiger partial charge in [0.05, 0.1) is 35.8 Å². The van der Waals surface area contributed by atoms with Crippen LogP contribution in [0.1, 0.15) is 63.2 Å². The number of sulfonamides is 1. The van der Waals surface area contributed by atoms with Gasteiger partial charge in [-0.25, -0.2) is 22.8 Å². The standard InChI is InChI=1S/C30H37F3N6O5S/c1-4-5-17-43-21-6-8-22(9-7-21)45(41,42)37-27(40)23-10-11-24(35-26(23)38-20-34-19-28(38,2)3)39-16-12-25(36-39)44-18-15-29(13-14-29)30(31,32)33/h6-12,16,34H,4-5,13-15,17-20H2,1-3H3,(H,37,40). The first-order valence-electron chi connectivity index (χ1n) is 14.8. The van der Waals surface area contributed by atoms with E-state index in [2.05, 4.69) is 20.1 Å². The molecule has 5 rings (SSSR count). The molecule has 3 aromatic rings. The molecule has 3 heterocycles. The van der Waals surface area contributed by atoms with Crippen molar-refractivity contribution < 1.29 is 35.9 Å². The number of pyridine rings is 1. The van der Waals surface area contributed by atoms with E-state index in [-0.39, 0.29) is 48.0 Å². The first kappa shape index (κ1) is 32.5. The number of ether oxygens (including phenoxy) is 2. The fourth-order valence-electron chi connectivity index (χ4n) is 5.07. The van der Waals surface area contributed by atoms with Crippen LogP contribution in [-0.4, -0.2) is 67.2 Å². The van der Waals surface area contributed by atoms with Crippen LogP contribution >= 0.6 is 0 Å². The van der Waals surface area contributed by atoms with Crippen molar-refractivity contribution in [3.05, 3.63) is 54.2 Å². The Morgan fingerprint density at radius 2 is 1.80 bits per heavy atom. The molecule has 2 N–H and O–H groups in total. The van der Waals surface area contributed by atoms with Crippen LogP contribution in [0.5, 0.6) is 11.6 Å². The number of anilines is 1. The van der Waals surface area contributed by atoms with Crippen molar-refractivity contribution in [2.45, 2.75) is 69.5 Å². The molecule has 1 aromatic carbocycles. The lowest BCUT2D eigenvalue weighted by Gasteiger charge is -2.32. The van der Waals surface area contributed by atoms with Gasteiger partial charge in [-0.1, -0.05) is 13.3 Å². The summed E-state index contributed by atoms with van der Waals surface area (Å²) in [6.45, 7) is 7.27. The molecule has 1 saturated heterocycles. The molecule has 2 fully saturated rings. The van der Waals surface area contributed by atoms with Crippen LogP contribution in [0.25, 0.3) is 5.82 Å². The zero-order chi connectivity index (χ0) is 32.5. The Kier molecular flexibility index (Phi) is 9.04. The van der Waals surface area contributed by atoms with Gasteiger partial charge in [-0.15, -0.1) is 5.10 Å². The largest absolute Gasteiger partial charge is 0.494 e. The fourth-order valence-corrected chi connectivity index (χ4v) is 6.03. The Morgan fingerprint density at radius 1 is 1.07 bits per heavy atom. The predicted molar refractivity (Wildman–Crippen MR) is 160 cm³/mol. The molecule has 2 aromatic heterocycles. The maximum Gasteiger partial charge on any atom is 0.394 e. The van der Waals surface area contributed by atoms with E-state index >= 15 is 0 Å². The smallest absolute Gasteiger partial charge is 0.394 e. The molecule has 1 aliphatic carbocycles. The third-order valence-corrected chi connectivity index (χ3v) is 9.48. The van der Waals surface area contributed by atoms with Gasteiger partial charge in [-0.2, -0.15) is 13.2 Å². The van der Waals surface area contributed by atoms with Crippen molar-refractivity contribution in [1.82, 2.24) is 24.8 Å². The van der Waals surface area contributed by atoms with E-state index < -0.39 is 33.1 Å². The van der Waals surface area contributed by atoms with Crippen LogP contribution in [-0.2, 0) is 10.0 Å². The summed E-state index contributed by atoms with van der Waals surface area (Å²) in [5, 5.41) is 7.54. The summed E-state index contributed by atoms with van der Waals surface area (Å²) in [4.78, 5) is 19.9. The zero-order valence-electron chi connectivity index (χ0n) is 25.4. The zero-order valence-corrected chi connectivity index (χ0v) is 26.2. The average molecular weight is 651 g/mol. The monoisotopic (exact) mass is 650 g/mol. The number of halogens is 3. The summed E-state index contributed by atoms with van der Waals surface area (Å²) in [5.41, 5.74) is -2.11. The molecule has 11 nitrogen and oxygen atoms in total. The van der Waals surface area contributed by atoms with E-state index in [0.717, 1.165) is 12.8 Å². The summed E-state index contributed by atoms with van der Waals surface area (Å²) < 4.78 is 80.6. The summed E-state index contributed by atoms with van der Waals surface area (Å²) in [7, 11) is -4.22. The lowest BCUT2D eigenvalue weighted by Crippen LogP contribution is -2.42. The summed E-state index contributed by atoms with van der Waals surface area (Å²) in [5.74, 6) is 0.329. The number of rotatable bonds is 13. The molecular formula is C30H37F3N6O5S. The number of hydrogen-bond donors (Lipinski definition) is 2. The fraction of sp³-hybridized carbons (Fsp3) is 0.500. The van der Waals surface area contributed by atoms with E-state index in [9.17, 15) is 26.4 Å². The normalized spacial score (nSPS) is 17.2. The second-order valence-electron chi connectivity index (χ2n) is 11.9. The van der Waals surface area contributed by atoms with Gasteiger partial charge in [0.1, 0.15) is 11.6 Å². The first-order chi connectivity index (χ1) is 21.2. The number of amides is 1. The maximum absolute atomic E-state index is 13.5. The number of hydrogen-bond acceptors (Lipinski definition) is 9. The summed E-state index contributed by atoms with van der Waals surface area (Å²) in [6, 6.07) is 10.3. The Balaban J connectivity index is 1.34. The topological polar surface area (TPSA) is 128 Å². The molecule has 0 atom stereocenters. The minimum absolute atomic E-state index is 0.0316. The number of unbranched alkanes of at least 4 members (excludes halogenated alkanes) is 1. The summed E-state index contributed by atoms with van der Waals surface area (Å²) in [6.07, 6.45) is -0.815. The minimum Gasteiger partial charge on any atom is -0.494 e. The highest BCUT2D eigenvalue weighted by Crippen LogP contribution is 2.59. The van der Waals surface area contributed by atoms with E-state index in [0.29, 0.717) is 31.4 Å². The van der Waals surface area contributed by atoms with Crippen LogP contribution in [0.15, 0.2) is 53.6 Å². The SMILES string of the molecule is CCCCOc1ccc(S(=O)(=O)NC(=O)c2ccc(-n3ccc(OCCC4(C(F)(F)F)CC4)n3)nc2N2CNCC2(C)C)cc1. The van der Waals surface area contributed by atoms with Crippen molar-refractivity contribution in [1.29, 1.82) is 0 Å². The van der Waals surface area contributed by atoms with Crippen molar-refractivity contribution in [2.24, 2.45) is 5.41 Å². The molecule has 1 aliphatic heterocycles. The molecule has 0 bridgehead atoms. The Bertz CT molecular complexity index is 1620. The van der Waals surface area contributed by atoms with Crippen molar-refractivity contribution >= 4 is 21.7 Å². The quantitative estimate of drug-likeness (QED) is 0.250. The third kappa shape index (κ3) is 7.19. The second kappa shape index (κ2) is 12.5. The Morgan fingerprint density at radius 3 is 2.42 bits per heavy atom. The van der Waals surface area contributed by atoms with Gasteiger partial charge in [0.2, 0.25) is 5.88 Å². The van der Waals surface area contributed by atoms with Gasteiger partial charge in [0, 0.05) is 24.3 Å². The Hall–Kier alpha value is -3.85. The van der Waals surface area contributed by atoms with Crippen molar-refractivity contribution in [3.63, 3.8) is 0 Å². The molecule has 2 aliphatic rings. The number of carbonyl (C=O) groups excluding carboxylic acids is 1. The van der Waals surface area contributed by atoms with Crippen LogP contribution in [0.4, 0.5) is 19.0 Å². The van der Waals surface area contributed by atoms with Crippen LogP contribution in [0.3, 0.4) is 0 Å². The lowest BCUT2D eigenvalue weighted by atomic mass is 10.0. The highest BCUT2D eigenvalue weighted by Gasteiger charge is 2.62. The van der Waals surface area contributed by atoms with Gasteiger partial charge in [0.15, 0.2) is 5.82 Å². The second-order valence-corrected chi connectivity index (χ2v) is 13.6. The lowest BCUT2D eigenvalue weighted by molar-refractivity contribution is -0.190. The van der Waals surface area contributed by atoms with Crippen molar-refractivity contribution in [3.8, 4) is 17.4 Å². The predicted octanol–water partition coefficient (Wildman–Crippen LogP) is 4.82. The first-order valence-corrected chi connectivity index (χ1v) is 16.3. The van der Waals surface area contributed by atoms with Crippen molar-refractivity contribution in [2.75, 3.05) is 31.3 Å². The van der Waals surface area contributed by atoms with Gasteiger partial charge in [-0.05, 0) is 75.9 Å². The van der Waals surface area contributed by atoms with E-state index in [4.69, 9.17) is 9.47 Å². The number of nitrogens with one attached hydrogen (secondary N) is 2. The average Bonchev–Trinajstić information content (AvgIpc) is 3.50. The van der Waals surface area contributed by atoms with Gasteiger partial charge in [-0.3, -0.25) is 10.1 Å². The number of alkyl halides is 3. The molecule has 0 unspecified atom stereocenters. The van der Waals surface area contributed by atoms with Crippen LogP contribution < -0.4 is 24.4 Å². The molecule has 244 valence electrons. The van der Waals surface area contributed by atoms with Gasteiger partial charge < -0.3 is 14.4 Å². The maximum atomic E-state index is 13.5. The van der Waals surface area contributed by atoms with E-state index in [1.165, 1.54) is 47.1 Å².